The number of unbranched alkanes of at least 4 members (excludes halogenated alkanes) is 2. The number of rotatable bonds is 5. The molecule has 2 aliphatic rings. The summed E-state index contributed by atoms with van der Waals surface area (Å²) in [5.41, 5.74) is 0. The van der Waals surface area contributed by atoms with Crippen LogP contribution in [-0.4, -0.2) is 29.7 Å². The molecule has 1 saturated heterocycles. The highest BCUT2D eigenvalue weighted by atomic mass is 16.7. The van der Waals surface area contributed by atoms with E-state index in [1.807, 2.05) is 0 Å². The van der Waals surface area contributed by atoms with Gasteiger partial charge in [0.05, 0.1) is 12.7 Å². The van der Waals surface area contributed by atoms with Crippen LogP contribution in [0.4, 0.5) is 0 Å². The Kier molecular flexibility index (Phi) is 4.83. The maximum atomic E-state index is 10.1. The normalized spacial score (nSPS) is 29.6. The van der Waals surface area contributed by atoms with Gasteiger partial charge in [-0.1, -0.05) is 32.6 Å². The average molecular weight is 242 g/mol. The molecule has 0 bridgehead atoms. The Morgan fingerprint density at radius 3 is 2.71 bits per heavy atom. The molecule has 0 aromatic rings. The minimum Gasteiger partial charge on any atom is -0.390 e. The fraction of sp³-hybridized carbons (Fsp3) is 1.00. The van der Waals surface area contributed by atoms with Crippen molar-refractivity contribution in [3.05, 3.63) is 0 Å². The van der Waals surface area contributed by atoms with E-state index < -0.39 is 0 Å². The van der Waals surface area contributed by atoms with Crippen LogP contribution in [0, 0.1) is 0 Å². The third kappa shape index (κ3) is 3.43. The van der Waals surface area contributed by atoms with Gasteiger partial charge in [0, 0.05) is 12.8 Å². The molecule has 1 spiro atoms. The SMILES string of the molecule is CCCCC[C@H](O)[C@H]1COC2(CCCCC2)O1. The molecule has 0 amide bonds. The van der Waals surface area contributed by atoms with E-state index >= 15 is 0 Å². The quantitative estimate of drug-likeness (QED) is 0.753. The Labute approximate surface area is 104 Å². The summed E-state index contributed by atoms with van der Waals surface area (Å²) in [7, 11) is 0. The molecule has 0 aromatic carbocycles. The van der Waals surface area contributed by atoms with Crippen molar-refractivity contribution in [2.24, 2.45) is 0 Å². The zero-order valence-electron chi connectivity index (χ0n) is 11.0. The Balaban J connectivity index is 1.76. The Morgan fingerprint density at radius 1 is 1.24 bits per heavy atom. The van der Waals surface area contributed by atoms with Crippen molar-refractivity contribution in [1.82, 2.24) is 0 Å². The molecule has 100 valence electrons. The van der Waals surface area contributed by atoms with E-state index in [0.717, 1.165) is 25.7 Å². The summed E-state index contributed by atoms with van der Waals surface area (Å²) in [5.74, 6) is -0.339. The minimum absolute atomic E-state index is 0.0926. The van der Waals surface area contributed by atoms with Crippen LogP contribution in [0.1, 0.15) is 64.7 Å². The molecule has 0 radical (unpaired) electrons. The maximum Gasteiger partial charge on any atom is 0.169 e. The molecule has 1 heterocycles. The topological polar surface area (TPSA) is 38.7 Å². The smallest absolute Gasteiger partial charge is 0.169 e. The largest absolute Gasteiger partial charge is 0.390 e. The number of aliphatic hydroxyl groups excluding tert-OH is 1. The molecule has 0 aromatic heterocycles. The second-order valence-corrected chi connectivity index (χ2v) is 5.50. The van der Waals surface area contributed by atoms with E-state index in [1.165, 1.54) is 32.1 Å². The van der Waals surface area contributed by atoms with Crippen molar-refractivity contribution in [2.45, 2.75) is 82.7 Å². The molecule has 3 nitrogen and oxygen atoms in total. The van der Waals surface area contributed by atoms with Crippen molar-refractivity contribution in [3.63, 3.8) is 0 Å². The highest BCUT2D eigenvalue weighted by molar-refractivity contribution is 4.85. The molecule has 1 saturated carbocycles. The van der Waals surface area contributed by atoms with Gasteiger partial charge < -0.3 is 14.6 Å². The first-order chi connectivity index (χ1) is 8.26. The molecule has 0 unspecified atom stereocenters. The fourth-order valence-electron chi connectivity index (χ4n) is 2.91. The first-order valence-corrected chi connectivity index (χ1v) is 7.25. The van der Waals surface area contributed by atoms with Crippen molar-refractivity contribution in [3.8, 4) is 0 Å². The van der Waals surface area contributed by atoms with Gasteiger partial charge in [-0.15, -0.1) is 0 Å². The molecule has 17 heavy (non-hydrogen) atoms. The molecule has 2 atom stereocenters. The molecule has 2 rings (SSSR count). The van der Waals surface area contributed by atoms with Gasteiger partial charge in [-0.25, -0.2) is 0 Å². The van der Waals surface area contributed by atoms with Gasteiger partial charge in [-0.3, -0.25) is 0 Å². The van der Waals surface area contributed by atoms with E-state index in [4.69, 9.17) is 9.47 Å². The van der Waals surface area contributed by atoms with Crippen LogP contribution in [0.25, 0.3) is 0 Å². The van der Waals surface area contributed by atoms with E-state index in [0.29, 0.717) is 6.61 Å². The van der Waals surface area contributed by atoms with Crippen LogP contribution in [0.3, 0.4) is 0 Å². The van der Waals surface area contributed by atoms with Crippen molar-refractivity contribution < 1.29 is 14.6 Å². The van der Waals surface area contributed by atoms with Gasteiger partial charge in [-0.05, 0) is 19.3 Å². The molecule has 1 N–H and O–H groups in total. The van der Waals surface area contributed by atoms with E-state index in [2.05, 4.69) is 6.92 Å². The van der Waals surface area contributed by atoms with Gasteiger partial charge >= 0.3 is 0 Å². The zero-order valence-corrected chi connectivity index (χ0v) is 11.0. The molecule has 2 fully saturated rings. The zero-order chi connectivity index (χ0) is 12.1. The number of aliphatic hydroxyl groups is 1. The second kappa shape index (κ2) is 6.17. The van der Waals surface area contributed by atoms with E-state index in [9.17, 15) is 5.11 Å². The lowest BCUT2D eigenvalue weighted by atomic mass is 9.94. The molecule has 1 aliphatic heterocycles. The monoisotopic (exact) mass is 242 g/mol. The highest BCUT2D eigenvalue weighted by Crippen LogP contribution is 2.38. The summed E-state index contributed by atoms with van der Waals surface area (Å²) in [4.78, 5) is 0. The number of ether oxygens (including phenoxy) is 2. The predicted octanol–water partition coefficient (Wildman–Crippen LogP) is 3.00. The molecule has 1 aliphatic carbocycles. The third-order valence-corrected chi connectivity index (χ3v) is 4.02. The van der Waals surface area contributed by atoms with Gasteiger partial charge in [0.15, 0.2) is 5.79 Å². The minimum atomic E-state index is -0.345. The summed E-state index contributed by atoms with van der Waals surface area (Å²) in [5, 5.41) is 10.1. The van der Waals surface area contributed by atoms with Crippen LogP contribution in [0.2, 0.25) is 0 Å². The fourth-order valence-corrected chi connectivity index (χ4v) is 2.91. The van der Waals surface area contributed by atoms with Crippen LogP contribution in [-0.2, 0) is 9.47 Å². The first-order valence-electron chi connectivity index (χ1n) is 7.25. The second-order valence-electron chi connectivity index (χ2n) is 5.50. The summed E-state index contributed by atoms with van der Waals surface area (Å²) in [6.45, 7) is 2.76. The van der Waals surface area contributed by atoms with Crippen molar-refractivity contribution >= 4 is 0 Å². The van der Waals surface area contributed by atoms with Crippen LogP contribution >= 0.6 is 0 Å². The van der Waals surface area contributed by atoms with Crippen LogP contribution < -0.4 is 0 Å². The van der Waals surface area contributed by atoms with E-state index in [-0.39, 0.29) is 18.0 Å². The summed E-state index contributed by atoms with van der Waals surface area (Å²) in [6, 6.07) is 0. The van der Waals surface area contributed by atoms with Crippen molar-refractivity contribution in [2.75, 3.05) is 6.61 Å². The number of hydrogen-bond donors (Lipinski definition) is 1. The summed E-state index contributed by atoms with van der Waals surface area (Å²) < 4.78 is 11.8. The lowest BCUT2D eigenvalue weighted by molar-refractivity contribution is -0.195. The van der Waals surface area contributed by atoms with Gasteiger partial charge in [0.2, 0.25) is 0 Å². The lowest BCUT2D eigenvalue weighted by Crippen LogP contribution is -2.36. The predicted molar refractivity (Wildman–Crippen MR) is 66.8 cm³/mol. The molecular formula is C14H26O3. The maximum absolute atomic E-state index is 10.1. The highest BCUT2D eigenvalue weighted by Gasteiger charge is 2.44. The van der Waals surface area contributed by atoms with Crippen molar-refractivity contribution in [1.29, 1.82) is 0 Å². The standard InChI is InChI=1S/C14H26O3/c1-2-3-5-8-12(15)13-11-16-14(17-13)9-6-4-7-10-14/h12-13,15H,2-11H2,1H3/t12-,13+/m0/s1. The molecular weight excluding hydrogens is 216 g/mol. The molecule has 3 heteroatoms. The third-order valence-electron chi connectivity index (χ3n) is 4.02. The Morgan fingerprint density at radius 2 is 2.00 bits per heavy atom. The van der Waals surface area contributed by atoms with Crippen LogP contribution in [0.5, 0.6) is 0 Å². The Bertz CT molecular complexity index is 224. The van der Waals surface area contributed by atoms with Crippen LogP contribution in [0.15, 0.2) is 0 Å². The summed E-state index contributed by atoms with van der Waals surface area (Å²) in [6.07, 6.45) is 9.57. The van der Waals surface area contributed by atoms with Gasteiger partial charge in [0.25, 0.3) is 0 Å². The first kappa shape index (κ1) is 13.3. The average Bonchev–Trinajstić information content (AvgIpc) is 2.74. The summed E-state index contributed by atoms with van der Waals surface area (Å²) >= 11 is 0. The lowest BCUT2D eigenvalue weighted by Gasteiger charge is -2.32. The number of hydrogen-bond acceptors (Lipinski definition) is 3. The van der Waals surface area contributed by atoms with E-state index in [1.54, 1.807) is 0 Å². The Hall–Kier alpha value is -0.120. The van der Waals surface area contributed by atoms with Gasteiger partial charge in [-0.2, -0.15) is 0 Å². The van der Waals surface area contributed by atoms with Gasteiger partial charge in [0.1, 0.15) is 6.10 Å².